The van der Waals surface area contributed by atoms with E-state index < -0.39 is 0 Å². The summed E-state index contributed by atoms with van der Waals surface area (Å²) in [4.78, 5) is 13.9. The van der Waals surface area contributed by atoms with E-state index in [2.05, 4.69) is 25.7 Å². The van der Waals surface area contributed by atoms with Gasteiger partial charge in [-0.25, -0.2) is 0 Å². The van der Waals surface area contributed by atoms with Gasteiger partial charge >= 0.3 is 5.97 Å². The van der Waals surface area contributed by atoms with Gasteiger partial charge in [-0.2, -0.15) is 0 Å². The van der Waals surface area contributed by atoms with E-state index in [1.807, 2.05) is 0 Å². The second kappa shape index (κ2) is 12.9. The van der Waals surface area contributed by atoms with Crippen LogP contribution < -0.4 is 0 Å². The first-order valence-corrected chi connectivity index (χ1v) is 7.62. The lowest BCUT2D eigenvalue weighted by molar-refractivity contribution is -0.145. The molecule has 0 aliphatic rings. The van der Waals surface area contributed by atoms with E-state index in [0.29, 0.717) is 13.2 Å². The van der Waals surface area contributed by atoms with Crippen molar-refractivity contribution in [2.45, 2.75) is 65.7 Å². The first kappa shape index (κ1) is 17.4. The summed E-state index contributed by atoms with van der Waals surface area (Å²) in [6.07, 6.45) is 7.97. The molecule has 3 heteroatoms. The van der Waals surface area contributed by atoms with Crippen molar-refractivity contribution in [1.29, 1.82) is 0 Å². The molecule has 0 radical (unpaired) electrons. The van der Waals surface area contributed by atoms with Crippen LogP contribution in [-0.2, 0) is 9.53 Å². The molecule has 0 unspecified atom stereocenters. The Morgan fingerprint density at radius 3 is 1.94 bits per heavy atom. The van der Waals surface area contributed by atoms with Gasteiger partial charge in [0.05, 0.1) is 13.2 Å². The van der Waals surface area contributed by atoms with Gasteiger partial charge in [-0.15, -0.1) is 0 Å². The Balaban J connectivity index is 3.78. The molecule has 0 heterocycles. The van der Waals surface area contributed by atoms with Crippen molar-refractivity contribution < 1.29 is 9.53 Å². The third-order valence-corrected chi connectivity index (χ3v) is 3.02. The SMILES string of the molecule is CCCCCOC(=O)CN(CCCC)CCCC. The molecule has 0 N–H and O–H groups in total. The van der Waals surface area contributed by atoms with Crippen LogP contribution >= 0.6 is 0 Å². The van der Waals surface area contributed by atoms with Crippen molar-refractivity contribution >= 4 is 5.97 Å². The quantitative estimate of drug-likeness (QED) is 0.395. The van der Waals surface area contributed by atoms with Crippen LogP contribution in [0.3, 0.4) is 0 Å². The highest BCUT2D eigenvalue weighted by Crippen LogP contribution is 2.01. The van der Waals surface area contributed by atoms with Crippen LogP contribution in [0.5, 0.6) is 0 Å². The lowest BCUT2D eigenvalue weighted by Gasteiger charge is -2.20. The van der Waals surface area contributed by atoms with Crippen molar-refractivity contribution in [3.63, 3.8) is 0 Å². The second-order valence-electron chi connectivity index (χ2n) is 4.91. The zero-order valence-electron chi connectivity index (χ0n) is 12.5. The van der Waals surface area contributed by atoms with Gasteiger partial charge in [0.25, 0.3) is 0 Å². The summed E-state index contributed by atoms with van der Waals surface area (Å²) < 4.78 is 5.25. The zero-order chi connectivity index (χ0) is 13.6. The van der Waals surface area contributed by atoms with Crippen LogP contribution in [0, 0.1) is 0 Å². The highest BCUT2D eigenvalue weighted by atomic mass is 16.5. The van der Waals surface area contributed by atoms with Crippen molar-refractivity contribution in [3.05, 3.63) is 0 Å². The third kappa shape index (κ3) is 10.6. The van der Waals surface area contributed by atoms with Crippen molar-refractivity contribution in [3.8, 4) is 0 Å². The van der Waals surface area contributed by atoms with E-state index in [9.17, 15) is 4.79 Å². The van der Waals surface area contributed by atoms with Crippen molar-refractivity contribution in [2.75, 3.05) is 26.2 Å². The van der Waals surface area contributed by atoms with Gasteiger partial charge in [0.2, 0.25) is 0 Å². The average molecular weight is 257 g/mol. The maximum absolute atomic E-state index is 11.7. The predicted octanol–water partition coefficient (Wildman–Crippen LogP) is 3.62. The molecule has 0 saturated heterocycles. The van der Waals surface area contributed by atoms with Gasteiger partial charge in [-0.3, -0.25) is 9.69 Å². The monoisotopic (exact) mass is 257 g/mol. The summed E-state index contributed by atoms with van der Waals surface area (Å²) >= 11 is 0. The Hall–Kier alpha value is -0.570. The van der Waals surface area contributed by atoms with Gasteiger partial charge in [0.1, 0.15) is 0 Å². The normalized spacial score (nSPS) is 10.9. The van der Waals surface area contributed by atoms with Crippen LogP contribution in [0.2, 0.25) is 0 Å². The largest absolute Gasteiger partial charge is 0.465 e. The first-order chi connectivity index (χ1) is 8.74. The Labute approximate surface area is 113 Å². The molecular formula is C15H31NO2. The lowest BCUT2D eigenvalue weighted by atomic mass is 10.2. The topological polar surface area (TPSA) is 29.5 Å². The van der Waals surface area contributed by atoms with Crippen LogP contribution in [0.1, 0.15) is 65.7 Å². The number of hydrogen-bond donors (Lipinski definition) is 0. The standard InChI is InChI=1S/C15H31NO2/c1-4-7-10-13-18-15(17)14-16(11-8-5-2)12-9-6-3/h4-14H2,1-3H3. The molecule has 0 fully saturated rings. The summed E-state index contributed by atoms with van der Waals surface area (Å²) in [5.74, 6) is -0.0571. The average Bonchev–Trinajstić information content (AvgIpc) is 2.38. The highest BCUT2D eigenvalue weighted by Gasteiger charge is 2.10. The number of nitrogens with zero attached hydrogens (tertiary/aromatic N) is 1. The summed E-state index contributed by atoms with van der Waals surface area (Å²) in [5.41, 5.74) is 0. The Morgan fingerprint density at radius 2 is 1.44 bits per heavy atom. The molecule has 0 aliphatic heterocycles. The molecule has 0 amide bonds. The van der Waals surface area contributed by atoms with Crippen LogP contribution in [0.4, 0.5) is 0 Å². The summed E-state index contributed by atoms with van der Waals surface area (Å²) in [6, 6.07) is 0. The van der Waals surface area contributed by atoms with E-state index in [0.717, 1.165) is 45.2 Å². The predicted molar refractivity (Wildman–Crippen MR) is 76.7 cm³/mol. The van der Waals surface area contributed by atoms with Gasteiger partial charge in [-0.05, 0) is 32.4 Å². The fourth-order valence-electron chi connectivity index (χ4n) is 1.80. The number of carbonyl (C=O) groups is 1. The molecular weight excluding hydrogens is 226 g/mol. The number of rotatable bonds is 12. The Bertz CT molecular complexity index is 187. The fraction of sp³-hybridized carbons (Fsp3) is 0.933. The van der Waals surface area contributed by atoms with Crippen LogP contribution in [0.25, 0.3) is 0 Å². The number of carbonyl (C=O) groups excluding carboxylic acids is 1. The molecule has 0 rings (SSSR count). The van der Waals surface area contributed by atoms with E-state index >= 15 is 0 Å². The summed E-state index contributed by atoms with van der Waals surface area (Å²) in [6.45, 7) is 9.59. The first-order valence-electron chi connectivity index (χ1n) is 7.62. The summed E-state index contributed by atoms with van der Waals surface area (Å²) in [7, 11) is 0. The molecule has 0 saturated carbocycles. The fourth-order valence-corrected chi connectivity index (χ4v) is 1.80. The molecule has 3 nitrogen and oxygen atoms in total. The maximum atomic E-state index is 11.7. The molecule has 0 aliphatic carbocycles. The van der Waals surface area contributed by atoms with Crippen LogP contribution in [-0.4, -0.2) is 37.1 Å². The minimum Gasteiger partial charge on any atom is -0.465 e. The molecule has 0 aromatic heterocycles. The van der Waals surface area contributed by atoms with E-state index in [1.165, 1.54) is 12.8 Å². The second-order valence-corrected chi connectivity index (χ2v) is 4.91. The van der Waals surface area contributed by atoms with Gasteiger partial charge in [-0.1, -0.05) is 46.5 Å². The smallest absolute Gasteiger partial charge is 0.320 e. The molecule has 0 spiro atoms. The molecule has 0 aromatic rings. The Morgan fingerprint density at radius 1 is 0.889 bits per heavy atom. The maximum Gasteiger partial charge on any atom is 0.320 e. The van der Waals surface area contributed by atoms with E-state index in [-0.39, 0.29) is 5.97 Å². The van der Waals surface area contributed by atoms with Crippen molar-refractivity contribution in [1.82, 2.24) is 4.90 Å². The Kier molecular flexibility index (Phi) is 12.5. The number of ether oxygens (including phenoxy) is 1. The number of unbranched alkanes of at least 4 members (excludes halogenated alkanes) is 4. The third-order valence-electron chi connectivity index (χ3n) is 3.02. The molecule has 108 valence electrons. The van der Waals surface area contributed by atoms with E-state index in [4.69, 9.17) is 4.74 Å². The van der Waals surface area contributed by atoms with Gasteiger partial charge < -0.3 is 4.74 Å². The lowest BCUT2D eigenvalue weighted by Crippen LogP contribution is -2.33. The molecule has 0 bridgehead atoms. The van der Waals surface area contributed by atoms with Crippen LogP contribution in [0.15, 0.2) is 0 Å². The number of hydrogen-bond acceptors (Lipinski definition) is 3. The molecule has 0 atom stereocenters. The summed E-state index contributed by atoms with van der Waals surface area (Å²) in [5, 5.41) is 0. The molecule has 18 heavy (non-hydrogen) atoms. The van der Waals surface area contributed by atoms with E-state index in [1.54, 1.807) is 0 Å². The van der Waals surface area contributed by atoms with Gasteiger partial charge in [0.15, 0.2) is 0 Å². The van der Waals surface area contributed by atoms with Gasteiger partial charge in [0, 0.05) is 0 Å². The molecule has 0 aromatic carbocycles. The minimum absolute atomic E-state index is 0.0571. The van der Waals surface area contributed by atoms with Crippen molar-refractivity contribution in [2.24, 2.45) is 0 Å². The highest BCUT2D eigenvalue weighted by molar-refractivity contribution is 5.71. The zero-order valence-corrected chi connectivity index (χ0v) is 12.5. The number of esters is 1. The minimum atomic E-state index is -0.0571.